The monoisotopic (exact) mass is 365 g/mol. The number of anilines is 1. The standard InChI is InChI=1S/C22H23NO4/c1-14(24)17-8-5-9-20(13-17)23-21(25)15(2)27-22(26)19-11-10-16-6-3-4-7-18(16)12-19/h5,8-13,15H,3-4,6-7H2,1-2H3,(H,23,25)/t15-/m1/s1. The zero-order chi connectivity index (χ0) is 19.4. The molecule has 1 atom stereocenters. The van der Waals surface area contributed by atoms with Crippen LogP contribution in [0, 0.1) is 0 Å². The third-order valence-electron chi connectivity index (χ3n) is 4.77. The maximum absolute atomic E-state index is 12.4. The summed E-state index contributed by atoms with van der Waals surface area (Å²) in [6, 6.07) is 12.3. The molecule has 5 heteroatoms. The second-order valence-electron chi connectivity index (χ2n) is 6.86. The van der Waals surface area contributed by atoms with E-state index < -0.39 is 18.0 Å². The van der Waals surface area contributed by atoms with Gasteiger partial charge in [-0.2, -0.15) is 0 Å². The molecule has 27 heavy (non-hydrogen) atoms. The van der Waals surface area contributed by atoms with Gasteiger partial charge in [0.05, 0.1) is 5.56 Å². The van der Waals surface area contributed by atoms with Crippen LogP contribution in [-0.2, 0) is 22.4 Å². The molecule has 0 aromatic heterocycles. The molecule has 1 aliphatic carbocycles. The molecular weight excluding hydrogens is 342 g/mol. The number of fused-ring (bicyclic) bond motifs is 1. The highest BCUT2D eigenvalue weighted by molar-refractivity contribution is 5.99. The van der Waals surface area contributed by atoms with Crippen molar-refractivity contribution < 1.29 is 19.1 Å². The molecule has 0 radical (unpaired) electrons. The van der Waals surface area contributed by atoms with Crippen LogP contribution in [0.5, 0.6) is 0 Å². The van der Waals surface area contributed by atoms with Gasteiger partial charge in [0.25, 0.3) is 5.91 Å². The summed E-state index contributed by atoms with van der Waals surface area (Å²) >= 11 is 0. The van der Waals surface area contributed by atoms with Crippen LogP contribution in [-0.4, -0.2) is 23.8 Å². The zero-order valence-corrected chi connectivity index (χ0v) is 15.6. The second kappa shape index (κ2) is 8.16. The number of hydrogen-bond donors (Lipinski definition) is 1. The fourth-order valence-corrected chi connectivity index (χ4v) is 3.20. The molecule has 1 aliphatic rings. The van der Waals surface area contributed by atoms with Crippen LogP contribution in [0.4, 0.5) is 5.69 Å². The van der Waals surface area contributed by atoms with Gasteiger partial charge < -0.3 is 10.1 Å². The van der Waals surface area contributed by atoms with E-state index >= 15 is 0 Å². The number of benzene rings is 2. The fraction of sp³-hybridized carbons (Fsp3) is 0.318. The number of carbonyl (C=O) groups excluding carboxylic acids is 3. The number of amides is 1. The average Bonchev–Trinajstić information content (AvgIpc) is 2.67. The van der Waals surface area contributed by atoms with E-state index in [4.69, 9.17) is 4.74 Å². The molecule has 0 aliphatic heterocycles. The van der Waals surface area contributed by atoms with E-state index in [9.17, 15) is 14.4 Å². The third kappa shape index (κ3) is 4.61. The predicted octanol–water partition coefficient (Wildman–Crippen LogP) is 3.95. The Morgan fingerprint density at radius 3 is 2.44 bits per heavy atom. The zero-order valence-electron chi connectivity index (χ0n) is 15.6. The van der Waals surface area contributed by atoms with Crippen LogP contribution in [0.1, 0.15) is 58.5 Å². The highest BCUT2D eigenvalue weighted by Gasteiger charge is 2.20. The van der Waals surface area contributed by atoms with Gasteiger partial charge in [0, 0.05) is 11.3 Å². The Morgan fingerprint density at radius 2 is 1.70 bits per heavy atom. The molecule has 3 rings (SSSR count). The number of esters is 1. The Balaban J connectivity index is 1.63. The quantitative estimate of drug-likeness (QED) is 0.643. The van der Waals surface area contributed by atoms with E-state index in [1.165, 1.54) is 31.4 Å². The topological polar surface area (TPSA) is 72.5 Å². The molecule has 2 aromatic carbocycles. The summed E-state index contributed by atoms with van der Waals surface area (Å²) in [6.45, 7) is 2.99. The van der Waals surface area contributed by atoms with Crippen LogP contribution in [0.2, 0.25) is 0 Å². The molecule has 5 nitrogen and oxygen atoms in total. The predicted molar refractivity (Wildman–Crippen MR) is 103 cm³/mol. The smallest absolute Gasteiger partial charge is 0.338 e. The van der Waals surface area contributed by atoms with Crippen molar-refractivity contribution >= 4 is 23.3 Å². The lowest BCUT2D eigenvalue weighted by Gasteiger charge is -2.17. The van der Waals surface area contributed by atoms with Gasteiger partial charge in [-0.25, -0.2) is 4.79 Å². The Labute approximate surface area is 158 Å². The first-order chi connectivity index (χ1) is 12.9. The van der Waals surface area contributed by atoms with Crippen molar-refractivity contribution in [3.63, 3.8) is 0 Å². The van der Waals surface area contributed by atoms with E-state index in [0.29, 0.717) is 16.8 Å². The molecule has 0 saturated carbocycles. The minimum Gasteiger partial charge on any atom is -0.449 e. The number of aryl methyl sites for hydroxylation is 2. The number of ether oxygens (including phenoxy) is 1. The molecule has 1 N–H and O–H groups in total. The van der Waals surface area contributed by atoms with Gasteiger partial charge in [-0.1, -0.05) is 18.2 Å². The molecule has 0 unspecified atom stereocenters. The second-order valence-corrected chi connectivity index (χ2v) is 6.86. The maximum Gasteiger partial charge on any atom is 0.338 e. The van der Waals surface area contributed by atoms with Gasteiger partial charge in [0.2, 0.25) is 0 Å². The molecule has 1 amide bonds. The van der Waals surface area contributed by atoms with E-state index in [1.807, 2.05) is 12.1 Å². The van der Waals surface area contributed by atoms with Crippen molar-refractivity contribution in [1.29, 1.82) is 0 Å². The number of hydrogen-bond acceptors (Lipinski definition) is 4. The van der Waals surface area contributed by atoms with Crippen LogP contribution >= 0.6 is 0 Å². The van der Waals surface area contributed by atoms with Gasteiger partial charge in [-0.05, 0) is 74.9 Å². The van der Waals surface area contributed by atoms with Crippen molar-refractivity contribution in [2.45, 2.75) is 45.6 Å². The lowest BCUT2D eigenvalue weighted by molar-refractivity contribution is -0.123. The van der Waals surface area contributed by atoms with Crippen LogP contribution in [0.15, 0.2) is 42.5 Å². The highest BCUT2D eigenvalue weighted by atomic mass is 16.5. The Bertz CT molecular complexity index is 888. The van der Waals surface area contributed by atoms with Crippen molar-refractivity contribution in [2.75, 3.05) is 5.32 Å². The van der Waals surface area contributed by atoms with Crippen molar-refractivity contribution in [3.8, 4) is 0 Å². The van der Waals surface area contributed by atoms with Gasteiger partial charge in [-0.15, -0.1) is 0 Å². The van der Waals surface area contributed by atoms with Crippen LogP contribution in [0.3, 0.4) is 0 Å². The highest BCUT2D eigenvalue weighted by Crippen LogP contribution is 2.22. The number of Topliss-reactive ketones (excluding diaryl/α,β-unsaturated/α-hetero) is 1. The van der Waals surface area contributed by atoms with E-state index in [2.05, 4.69) is 5.32 Å². The Kier molecular flexibility index (Phi) is 5.69. The first-order valence-corrected chi connectivity index (χ1v) is 9.18. The SMILES string of the molecule is CC(=O)c1cccc(NC(=O)[C@@H](C)OC(=O)c2ccc3c(c2)CCCC3)c1. The fourth-order valence-electron chi connectivity index (χ4n) is 3.20. The summed E-state index contributed by atoms with van der Waals surface area (Å²) in [6.07, 6.45) is 3.37. The summed E-state index contributed by atoms with van der Waals surface area (Å²) in [5, 5.41) is 2.68. The third-order valence-corrected chi connectivity index (χ3v) is 4.77. The largest absolute Gasteiger partial charge is 0.449 e. The van der Waals surface area contributed by atoms with Crippen molar-refractivity contribution in [3.05, 3.63) is 64.7 Å². The minimum atomic E-state index is -0.950. The van der Waals surface area contributed by atoms with Gasteiger partial charge >= 0.3 is 5.97 Å². The Hall–Kier alpha value is -2.95. The van der Waals surface area contributed by atoms with Gasteiger partial charge in [0.15, 0.2) is 11.9 Å². The molecular formula is C22H23NO4. The molecule has 0 heterocycles. The molecule has 0 spiro atoms. The first-order valence-electron chi connectivity index (χ1n) is 9.18. The van der Waals surface area contributed by atoms with E-state index in [0.717, 1.165) is 19.3 Å². The van der Waals surface area contributed by atoms with Gasteiger partial charge in [0.1, 0.15) is 0 Å². The average molecular weight is 365 g/mol. The molecule has 0 bridgehead atoms. The summed E-state index contributed by atoms with van der Waals surface area (Å²) in [5.74, 6) is -1.04. The van der Waals surface area contributed by atoms with Crippen LogP contribution < -0.4 is 5.32 Å². The van der Waals surface area contributed by atoms with Gasteiger partial charge in [-0.3, -0.25) is 9.59 Å². The summed E-state index contributed by atoms with van der Waals surface area (Å²) in [7, 11) is 0. The molecule has 2 aromatic rings. The summed E-state index contributed by atoms with van der Waals surface area (Å²) < 4.78 is 5.32. The molecule has 0 saturated heterocycles. The van der Waals surface area contributed by atoms with Crippen molar-refractivity contribution in [1.82, 2.24) is 0 Å². The number of rotatable bonds is 5. The minimum absolute atomic E-state index is 0.0852. The molecule has 0 fully saturated rings. The van der Waals surface area contributed by atoms with E-state index in [1.54, 1.807) is 30.3 Å². The summed E-state index contributed by atoms with van der Waals surface area (Å²) in [5.41, 5.74) is 3.94. The Morgan fingerprint density at radius 1 is 0.963 bits per heavy atom. The lowest BCUT2D eigenvalue weighted by Crippen LogP contribution is -2.30. The van der Waals surface area contributed by atoms with Crippen molar-refractivity contribution in [2.24, 2.45) is 0 Å². The number of ketones is 1. The maximum atomic E-state index is 12.4. The first kappa shape index (κ1) is 18.8. The summed E-state index contributed by atoms with van der Waals surface area (Å²) in [4.78, 5) is 36.2. The number of carbonyl (C=O) groups is 3. The molecule has 140 valence electrons. The van der Waals surface area contributed by atoms with E-state index in [-0.39, 0.29) is 5.78 Å². The van der Waals surface area contributed by atoms with Crippen LogP contribution in [0.25, 0.3) is 0 Å². The lowest BCUT2D eigenvalue weighted by atomic mass is 9.90. The number of nitrogens with one attached hydrogen (secondary N) is 1. The normalized spacial score (nSPS) is 14.0.